The van der Waals surface area contributed by atoms with Crippen molar-refractivity contribution in [3.8, 4) is 11.5 Å². The first kappa shape index (κ1) is 21.2. The summed E-state index contributed by atoms with van der Waals surface area (Å²) < 4.78 is 17.6. The van der Waals surface area contributed by atoms with E-state index in [1.807, 2.05) is 42.5 Å². The molecule has 0 amide bonds. The lowest BCUT2D eigenvalue weighted by Gasteiger charge is -2.37. The summed E-state index contributed by atoms with van der Waals surface area (Å²) in [4.78, 5) is 12.6. The molecule has 0 radical (unpaired) electrons. The summed E-state index contributed by atoms with van der Waals surface area (Å²) in [5, 5.41) is 0.0260. The molecule has 0 saturated heterocycles. The maximum Gasteiger partial charge on any atom is 0.339 e. The molecule has 0 aromatic heterocycles. The van der Waals surface area contributed by atoms with Gasteiger partial charge in [0.05, 0.1) is 0 Å². The van der Waals surface area contributed by atoms with Crippen molar-refractivity contribution >= 4 is 14.3 Å². The number of rotatable bonds is 7. The number of carbonyl (C=O) groups is 1. The van der Waals surface area contributed by atoms with Gasteiger partial charge in [0.25, 0.3) is 0 Å². The minimum atomic E-state index is -2.05. The molecule has 5 heteroatoms. The van der Waals surface area contributed by atoms with E-state index in [-0.39, 0.29) is 5.04 Å². The van der Waals surface area contributed by atoms with Crippen LogP contribution in [0.1, 0.15) is 33.3 Å². The van der Waals surface area contributed by atoms with Crippen LogP contribution in [0.4, 0.5) is 0 Å². The van der Waals surface area contributed by atoms with Gasteiger partial charge in [0.15, 0.2) is 19.8 Å². The summed E-state index contributed by atoms with van der Waals surface area (Å²) in [6, 6.07) is 17.1. The van der Waals surface area contributed by atoms with E-state index in [4.69, 9.17) is 13.9 Å². The van der Waals surface area contributed by atoms with E-state index in [9.17, 15) is 4.79 Å². The van der Waals surface area contributed by atoms with E-state index < -0.39 is 20.4 Å². The Morgan fingerprint density at radius 3 is 2.11 bits per heavy atom. The summed E-state index contributed by atoms with van der Waals surface area (Å²) in [7, 11) is -2.05. The van der Waals surface area contributed by atoms with E-state index in [1.54, 1.807) is 19.1 Å². The number of carbonyl (C=O) groups excluding carboxylic acids is 1. The van der Waals surface area contributed by atoms with Gasteiger partial charge in [0.1, 0.15) is 12.7 Å². The van der Waals surface area contributed by atoms with Crippen molar-refractivity contribution in [3.05, 3.63) is 60.2 Å². The van der Waals surface area contributed by atoms with Crippen LogP contribution in [-0.2, 0) is 15.8 Å². The molecule has 0 bridgehead atoms. The quantitative estimate of drug-likeness (QED) is 0.354. The lowest BCUT2D eigenvalue weighted by molar-refractivity contribution is -0.142. The Balaban J connectivity index is 2.03. The molecule has 146 valence electrons. The zero-order valence-corrected chi connectivity index (χ0v) is 18.1. The molecule has 0 N–H and O–H groups in total. The highest BCUT2D eigenvalue weighted by atomic mass is 28.4. The largest absolute Gasteiger partial charge is 0.485 e. The first-order valence-electron chi connectivity index (χ1n) is 9.25. The number of hydrogen-bond acceptors (Lipinski definition) is 4. The van der Waals surface area contributed by atoms with Gasteiger partial charge in [-0.15, -0.1) is 0 Å². The molecule has 0 spiro atoms. The van der Waals surface area contributed by atoms with Crippen LogP contribution in [-0.4, -0.2) is 20.4 Å². The van der Waals surface area contributed by atoms with Crippen molar-refractivity contribution in [3.63, 3.8) is 0 Å². The molecule has 0 aliphatic rings. The van der Waals surface area contributed by atoms with Crippen LogP contribution in [0.25, 0.3) is 0 Å². The maximum atomic E-state index is 12.6. The fourth-order valence-corrected chi connectivity index (χ4v) is 3.58. The normalized spacial score (nSPS) is 13.1. The fraction of sp³-hybridized carbons (Fsp3) is 0.409. The maximum absolute atomic E-state index is 12.6. The molecule has 0 unspecified atom stereocenters. The van der Waals surface area contributed by atoms with Crippen LogP contribution in [0.5, 0.6) is 11.5 Å². The topological polar surface area (TPSA) is 44.8 Å². The van der Waals surface area contributed by atoms with Crippen LogP contribution in [0.3, 0.4) is 0 Å². The SMILES string of the molecule is C[C@H](O[Si](C)(C)C(C)(C)C)C(=O)Oc1ccccc1OCc1ccccc1. The fourth-order valence-electron chi connectivity index (χ4n) is 2.25. The van der Waals surface area contributed by atoms with Crippen molar-refractivity contribution in [1.82, 2.24) is 0 Å². The predicted molar refractivity (Wildman–Crippen MR) is 111 cm³/mol. The summed E-state index contributed by atoms with van der Waals surface area (Å²) in [5.74, 6) is 0.536. The second kappa shape index (κ2) is 8.72. The zero-order chi connectivity index (χ0) is 20.1. The molecule has 0 heterocycles. The second-order valence-corrected chi connectivity index (χ2v) is 12.9. The molecular weight excluding hydrogens is 356 g/mol. The highest BCUT2D eigenvalue weighted by Gasteiger charge is 2.40. The number of ether oxygens (including phenoxy) is 2. The first-order valence-corrected chi connectivity index (χ1v) is 12.2. The molecule has 0 aliphatic carbocycles. The van der Waals surface area contributed by atoms with Crippen molar-refractivity contribution < 1.29 is 18.7 Å². The van der Waals surface area contributed by atoms with Gasteiger partial charge in [-0.2, -0.15) is 0 Å². The standard InChI is InChI=1S/C22H30O4Si/c1-17(26-27(5,6)22(2,3)4)21(23)25-20-15-11-10-14-19(20)24-16-18-12-8-7-9-13-18/h7-15,17H,16H2,1-6H3/t17-/m0/s1. The van der Waals surface area contributed by atoms with E-state index in [0.29, 0.717) is 18.1 Å². The smallest absolute Gasteiger partial charge is 0.339 e. The molecule has 2 aromatic carbocycles. The van der Waals surface area contributed by atoms with Gasteiger partial charge >= 0.3 is 5.97 Å². The summed E-state index contributed by atoms with van der Waals surface area (Å²) in [6.07, 6.45) is -0.631. The average Bonchev–Trinajstić information content (AvgIpc) is 2.60. The predicted octanol–water partition coefficient (Wildman–Crippen LogP) is 5.58. The Kier molecular flexibility index (Phi) is 6.84. The van der Waals surface area contributed by atoms with Crippen molar-refractivity contribution in [2.24, 2.45) is 0 Å². The summed E-state index contributed by atoms with van der Waals surface area (Å²) in [6.45, 7) is 12.8. The average molecular weight is 387 g/mol. The van der Waals surface area contributed by atoms with Gasteiger partial charge in [-0.25, -0.2) is 4.79 Å². The molecule has 2 rings (SSSR count). The Morgan fingerprint density at radius 1 is 0.963 bits per heavy atom. The van der Waals surface area contributed by atoms with Gasteiger partial charge in [-0.3, -0.25) is 0 Å². The van der Waals surface area contributed by atoms with Gasteiger partial charge in [0, 0.05) is 0 Å². The first-order chi connectivity index (χ1) is 12.6. The molecule has 2 aromatic rings. The Labute approximate surface area is 163 Å². The second-order valence-electron chi connectivity index (χ2n) is 8.16. The molecular formula is C22H30O4Si. The molecule has 1 atom stereocenters. The molecule has 0 saturated carbocycles. The van der Waals surface area contributed by atoms with Crippen LogP contribution >= 0.6 is 0 Å². The molecule has 0 aliphatic heterocycles. The number of hydrogen-bond donors (Lipinski definition) is 0. The van der Waals surface area contributed by atoms with Crippen LogP contribution < -0.4 is 9.47 Å². The minimum absolute atomic E-state index is 0.0260. The third-order valence-corrected chi connectivity index (χ3v) is 9.46. The van der Waals surface area contributed by atoms with Gasteiger partial charge in [0.2, 0.25) is 0 Å². The molecule has 0 fully saturated rings. The Morgan fingerprint density at radius 2 is 1.52 bits per heavy atom. The monoisotopic (exact) mass is 386 g/mol. The van der Waals surface area contributed by atoms with Gasteiger partial charge in [-0.05, 0) is 42.8 Å². The van der Waals surface area contributed by atoms with E-state index in [1.165, 1.54) is 0 Å². The van der Waals surface area contributed by atoms with Crippen molar-refractivity contribution in [1.29, 1.82) is 0 Å². The number of esters is 1. The van der Waals surface area contributed by atoms with E-state index >= 15 is 0 Å². The highest BCUT2D eigenvalue weighted by molar-refractivity contribution is 6.74. The third kappa shape index (κ3) is 5.94. The summed E-state index contributed by atoms with van der Waals surface area (Å²) in [5.41, 5.74) is 1.05. The Hall–Kier alpha value is -2.11. The lowest BCUT2D eigenvalue weighted by Crippen LogP contribution is -2.46. The van der Waals surface area contributed by atoms with Crippen LogP contribution in [0.15, 0.2) is 54.6 Å². The molecule has 27 heavy (non-hydrogen) atoms. The third-order valence-electron chi connectivity index (χ3n) is 4.91. The summed E-state index contributed by atoms with van der Waals surface area (Å²) >= 11 is 0. The van der Waals surface area contributed by atoms with Crippen LogP contribution in [0.2, 0.25) is 18.1 Å². The number of para-hydroxylation sites is 2. The molecule has 4 nitrogen and oxygen atoms in total. The van der Waals surface area contributed by atoms with Crippen LogP contribution in [0, 0.1) is 0 Å². The van der Waals surface area contributed by atoms with E-state index in [0.717, 1.165) is 5.56 Å². The van der Waals surface area contributed by atoms with Gasteiger partial charge in [-0.1, -0.05) is 63.2 Å². The number of benzene rings is 2. The highest BCUT2D eigenvalue weighted by Crippen LogP contribution is 2.37. The lowest BCUT2D eigenvalue weighted by atomic mass is 10.2. The zero-order valence-electron chi connectivity index (χ0n) is 17.1. The van der Waals surface area contributed by atoms with Crippen molar-refractivity contribution in [2.75, 3.05) is 0 Å². The minimum Gasteiger partial charge on any atom is -0.485 e. The Bertz CT molecular complexity index is 750. The van der Waals surface area contributed by atoms with Gasteiger partial charge < -0.3 is 13.9 Å². The van der Waals surface area contributed by atoms with E-state index in [2.05, 4.69) is 33.9 Å². The van der Waals surface area contributed by atoms with Crippen molar-refractivity contribution in [2.45, 2.75) is 58.5 Å².